The van der Waals surface area contributed by atoms with E-state index in [1.165, 1.54) is 38.5 Å². The van der Waals surface area contributed by atoms with Crippen LogP contribution in [0, 0.1) is 0 Å². The van der Waals surface area contributed by atoms with Crippen molar-refractivity contribution in [1.29, 1.82) is 0 Å². The lowest BCUT2D eigenvalue weighted by Gasteiger charge is -2.20. The van der Waals surface area contributed by atoms with Crippen LogP contribution >= 0.6 is 0 Å². The average molecular weight is 218 g/mol. The zero-order valence-corrected chi connectivity index (χ0v) is 12.2. The van der Waals surface area contributed by atoms with Gasteiger partial charge in [-0.15, -0.1) is 0 Å². The Kier molecular flexibility index (Phi) is 9.78. The van der Waals surface area contributed by atoms with Crippen molar-refractivity contribution in [3.8, 4) is 0 Å². The highest BCUT2D eigenvalue weighted by Crippen LogP contribution is 2.19. The van der Waals surface area contributed by atoms with Crippen molar-refractivity contribution in [2.45, 2.75) is 57.3 Å². The Bertz CT molecular complexity index is 116. The standard InChI is InChI=1S/C11H26O2Si/c1-4-5-6-7-8-9-10(14)11(12-2)13-3/h10-11H,4-9H2,1-3,14H3. The zero-order valence-electron chi connectivity index (χ0n) is 10.2. The van der Waals surface area contributed by atoms with Gasteiger partial charge in [0, 0.05) is 24.5 Å². The molecule has 0 radical (unpaired) electrons. The van der Waals surface area contributed by atoms with Gasteiger partial charge in [0.15, 0.2) is 6.29 Å². The average Bonchev–Trinajstić information content (AvgIpc) is 2.19. The summed E-state index contributed by atoms with van der Waals surface area (Å²) in [6.07, 6.45) is 8.09. The first-order chi connectivity index (χ1) is 6.76. The Morgan fingerprint density at radius 3 is 2.07 bits per heavy atom. The van der Waals surface area contributed by atoms with Crippen LogP contribution < -0.4 is 0 Å². The SMILES string of the molecule is CCCCCCCC([SiH3])C(OC)OC. The van der Waals surface area contributed by atoms with Crippen LogP contribution in [0.5, 0.6) is 0 Å². The minimum absolute atomic E-state index is 0.0350. The van der Waals surface area contributed by atoms with E-state index in [4.69, 9.17) is 9.47 Å². The normalized spacial score (nSPS) is 13.7. The van der Waals surface area contributed by atoms with Gasteiger partial charge in [0.2, 0.25) is 0 Å². The first-order valence-electron chi connectivity index (χ1n) is 5.81. The molecule has 1 atom stereocenters. The summed E-state index contributed by atoms with van der Waals surface area (Å²) in [4.78, 5) is 0. The van der Waals surface area contributed by atoms with E-state index >= 15 is 0 Å². The quantitative estimate of drug-likeness (QED) is 0.335. The summed E-state index contributed by atoms with van der Waals surface area (Å²) in [5.74, 6) is 0. The van der Waals surface area contributed by atoms with E-state index in [1.54, 1.807) is 14.2 Å². The Labute approximate surface area is 91.8 Å². The van der Waals surface area contributed by atoms with Crippen LogP contribution in [0.4, 0.5) is 0 Å². The molecular formula is C11H26O2Si. The Hall–Kier alpha value is 0.137. The van der Waals surface area contributed by atoms with Gasteiger partial charge in [-0.1, -0.05) is 39.0 Å². The number of methoxy groups -OCH3 is 2. The smallest absolute Gasteiger partial charge is 0.156 e. The molecule has 0 amide bonds. The van der Waals surface area contributed by atoms with E-state index in [9.17, 15) is 0 Å². The predicted octanol–water partition coefficient (Wildman–Crippen LogP) is 2.12. The highest BCUT2D eigenvalue weighted by Gasteiger charge is 2.14. The molecule has 0 aromatic rings. The van der Waals surface area contributed by atoms with Gasteiger partial charge in [0.1, 0.15) is 0 Å². The van der Waals surface area contributed by atoms with E-state index in [0.29, 0.717) is 5.54 Å². The van der Waals surface area contributed by atoms with Crippen LogP contribution in [0.3, 0.4) is 0 Å². The topological polar surface area (TPSA) is 18.5 Å². The fraction of sp³-hybridized carbons (Fsp3) is 1.00. The van der Waals surface area contributed by atoms with Gasteiger partial charge in [0.25, 0.3) is 0 Å². The van der Waals surface area contributed by atoms with Gasteiger partial charge in [-0.3, -0.25) is 0 Å². The molecule has 0 fully saturated rings. The summed E-state index contributed by atoms with van der Waals surface area (Å²) >= 11 is 0. The van der Waals surface area contributed by atoms with Crippen molar-refractivity contribution in [2.24, 2.45) is 0 Å². The third-order valence-electron chi connectivity index (χ3n) is 2.69. The van der Waals surface area contributed by atoms with Gasteiger partial charge >= 0.3 is 0 Å². The lowest BCUT2D eigenvalue weighted by Crippen LogP contribution is -2.20. The number of hydrogen-bond donors (Lipinski definition) is 0. The van der Waals surface area contributed by atoms with Crippen LogP contribution in [0.1, 0.15) is 45.4 Å². The first kappa shape index (κ1) is 14.1. The van der Waals surface area contributed by atoms with Crippen molar-refractivity contribution in [1.82, 2.24) is 0 Å². The molecule has 0 aromatic carbocycles. The van der Waals surface area contributed by atoms with Crippen molar-refractivity contribution in [3.05, 3.63) is 0 Å². The van der Waals surface area contributed by atoms with E-state index in [-0.39, 0.29) is 6.29 Å². The molecule has 0 saturated carbocycles. The van der Waals surface area contributed by atoms with Crippen LogP contribution in [0.2, 0.25) is 5.54 Å². The maximum absolute atomic E-state index is 5.25. The van der Waals surface area contributed by atoms with Crippen molar-refractivity contribution in [3.63, 3.8) is 0 Å². The molecule has 0 bridgehead atoms. The molecule has 0 aromatic heterocycles. The monoisotopic (exact) mass is 218 g/mol. The van der Waals surface area contributed by atoms with E-state index in [1.807, 2.05) is 0 Å². The van der Waals surface area contributed by atoms with E-state index in [2.05, 4.69) is 6.92 Å². The molecule has 0 aliphatic heterocycles. The Balaban J connectivity index is 3.37. The molecular weight excluding hydrogens is 192 g/mol. The molecule has 0 saturated heterocycles. The number of rotatable bonds is 9. The maximum atomic E-state index is 5.25. The van der Waals surface area contributed by atoms with Gasteiger partial charge in [-0.2, -0.15) is 0 Å². The molecule has 14 heavy (non-hydrogen) atoms. The Morgan fingerprint density at radius 2 is 1.57 bits per heavy atom. The Morgan fingerprint density at radius 1 is 1.00 bits per heavy atom. The summed E-state index contributed by atoms with van der Waals surface area (Å²) in [5, 5.41) is 0. The van der Waals surface area contributed by atoms with Gasteiger partial charge in [-0.25, -0.2) is 0 Å². The second-order valence-electron chi connectivity index (χ2n) is 4.02. The van der Waals surface area contributed by atoms with Gasteiger partial charge in [-0.05, 0) is 12.0 Å². The molecule has 1 unspecified atom stereocenters. The third kappa shape index (κ3) is 6.57. The summed E-state index contributed by atoms with van der Waals surface area (Å²) in [5.41, 5.74) is 0.645. The van der Waals surface area contributed by atoms with Crippen LogP contribution in [-0.2, 0) is 9.47 Å². The third-order valence-corrected chi connectivity index (χ3v) is 3.81. The molecule has 2 nitrogen and oxygen atoms in total. The molecule has 86 valence electrons. The predicted molar refractivity (Wildman–Crippen MR) is 64.9 cm³/mol. The highest BCUT2D eigenvalue weighted by molar-refractivity contribution is 6.11. The summed E-state index contributed by atoms with van der Waals surface area (Å²) in [6, 6.07) is 0. The molecule has 0 rings (SSSR count). The van der Waals surface area contributed by atoms with E-state index < -0.39 is 0 Å². The van der Waals surface area contributed by atoms with Gasteiger partial charge < -0.3 is 9.47 Å². The van der Waals surface area contributed by atoms with Crippen molar-refractivity contribution in [2.75, 3.05) is 14.2 Å². The molecule has 0 aliphatic carbocycles. The molecule has 3 heteroatoms. The lowest BCUT2D eigenvalue weighted by atomic mass is 10.1. The van der Waals surface area contributed by atoms with Crippen molar-refractivity contribution >= 4 is 10.2 Å². The minimum atomic E-state index is 0.0350. The van der Waals surface area contributed by atoms with E-state index in [0.717, 1.165) is 10.2 Å². The molecule has 0 N–H and O–H groups in total. The van der Waals surface area contributed by atoms with Crippen LogP contribution in [0.15, 0.2) is 0 Å². The van der Waals surface area contributed by atoms with Crippen LogP contribution in [0.25, 0.3) is 0 Å². The zero-order chi connectivity index (χ0) is 10.8. The molecule has 0 aliphatic rings. The maximum Gasteiger partial charge on any atom is 0.156 e. The second kappa shape index (κ2) is 9.68. The fourth-order valence-electron chi connectivity index (χ4n) is 1.77. The summed E-state index contributed by atoms with van der Waals surface area (Å²) in [7, 11) is 4.63. The van der Waals surface area contributed by atoms with Crippen LogP contribution in [-0.4, -0.2) is 30.8 Å². The minimum Gasteiger partial charge on any atom is -0.356 e. The summed E-state index contributed by atoms with van der Waals surface area (Å²) in [6.45, 7) is 2.25. The number of hydrogen-bond acceptors (Lipinski definition) is 2. The highest BCUT2D eigenvalue weighted by atomic mass is 28.1. The summed E-state index contributed by atoms with van der Waals surface area (Å²) < 4.78 is 10.5. The lowest BCUT2D eigenvalue weighted by molar-refractivity contribution is -0.106. The van der Waals surface area contributed by atoms with Gasteiger partial charge in [0.05, 0.1) is 0 Å². The number of ether oxygens (including phenoxy) is 2. The molecule has 0 heterocycles. The first-order valence-corrected chi connectivity index (χ1v) is 6.97. The largest absolute Gasteiger partial charge is 0.356 e. The fourth-order valence-corrected chi connectivity index (χ4v) is 2.72. The molecule has 0 spiro atoms. The second-order valence-corrected chi connectivity index (χ2v) is 5.50. The van der Waals surface area contributed by atoms with Crippen molar-refractivity contribution < 1.29 is 9.47 Å². The number of unbranched alkanes of at least 4 members (excludes halogenated alkanes) is 4.